The molecule has 1 N–H and O–H groups in total. The van der Waals surface area contributed by atoms with Crippen molar-refractivity contribution in [1.29, 1.82) is 0 Å². The van der Waals surface area contributed by atoms with Crippen molar-refractivity contribution < 1.29 is 19.4 Å². The van der Waals surface area contributed by atoms with Crippen LogP contribution in [0.3, 0.4) is 0 Å². The van der Waals surface area contributed by atoms with E-state index in [1.54, 1.807) is 6.92 Å². The molecule has 4 heteroatoms. The molecule has 84 valence electrons. The molecule has 0 amide bonds. The second-order valence-electron chi connectivity index (χ2n) is 4.81. The van der Waals surface area contributed by atoms with Gasteiger partial charge in [0.05, 0.1) is 0 Å². The Bertz CT molecular complexity index is 312. The number of hydrogen-bond donors (Lipinski definition) is 1. The van der Waals surface area contributed by atoms with Crippen LogP contribution < -0.4 is 0 Å². The zero-order valence-corrected chi connectivity index (χ0v) is 8.91. The second-order valence-corrected chi connectivity index (χ2v) is 4.81. The van der Waals surface area contributed by atoms with Crippen LogP contribution in [0.5, 0.6) is 0 Å². The van der Waals surface area contributed by atoms with E-state index in [0.29, 0.717) is 25.7 Å². The van der Waals surface area contributed by atoms with E-state index in [-0.39, 0.29) is 5.97 Å². The lowest BCUT2D eigenvalue weighted by Gasteiger charge is -2.45. The summed E-state index contributed by atoms with van der Waals surface area (Å²) in [5.74, 6) is -1.08. The molecule has 0 radical (unpaired) electrons. The van der Waals surface area contributed by atoms with E-state index in [1.165, 1.54) is 0 Å². The minimum absolute atomic E-state index is 0.246. The first-order valence-corrected chi connectivity index (χ1v) is 5.45. The van der Waals surface area contributed by atoms with Crippen LogP contribution in [-0.2, 0) is 14.3 Å². The van der Waals surface area contributed by atoms with Crippen molar-refractivity contribution in [2.45, 2.75) is 51.0 Å². The molecule has 1 spiro atoms. The Morgan fingerprint density at radius 3 is 2.53 bits per heavy atom. The van der Waals surface area contributed by atoms with Gasteiger partial charge in [0.2, 0.25) is 0 Å². The van der Waals surface area contributed by atoms with Gasteiger partial charge >= 0.3 is 11.9 Å². The van der Waals surface area contributed by atoms with Crippen LogP contribution in [0.1, 0.15) is 45.4 Å². The fourth-order valence-electron chi connectivity index (χ4n) is 2.88. The number of carbonyl (C=O) groups excluding carboxylic acids is 1. The topological polar surface area (TPSA) is 63.6 Å². The van der Waals surface area contributed by atoms with E-state index in [9.17, 15) is 14.7 Å². The van der Waals surface area contributed by atoms with Crippen LogP contribution >= 0.6 is 0 Å². The summed E-state index contributed by atoms with van der Waals surface area (Å²) < 4.78 is 5.35. The lowest BCUT2D eigenvalue weighted by Crippen LogP contribution is -2.53. The van der Waals surface area contributed by atoms with Gasteiger partial charge in [0, 0.05) is 6.42 Å². The molecule has 2 atom stereocenters. The average Bonchev–Trinajstić information content (AvgIpc) is 2.54. The maximum atomic E-state index is 11.4. The van der Waals surface area contributed by atoms with Gasteiger partial charge in [-0.15, -0.1) is 0 Å². The summed E-state index contributed by atoms with van der Waals surface area (Å²) >= 11 is 0. The monoisotopic (exact) mass is 212 g/mol. The Morgan fingerprint density at radius 1 is 1.33 bits per heavy atom. The molecular formula is C11H16O4. The van der Waals surface area contributed by atoms with Gasteiger partial charge in [-0.25, -0.2) is 0 Å². The molecule has 1 heterocycles. The van der Waals surface area contributed by atoms with Gasteiger partial charge in [-0.2, -0.15) is 0 Å². The maximum absolute atomic E-state index is 11.4. The zero-order chi connectivity index (χ0) is 11.1. The molecule has 0 aromatic rings. The Hall–Kier alpha value is -1.06. The summed E-state index contributed by atoms with van der Waals surface area (Å²) in [5, 5.41) is 9.32. The quantitative estimate of drug-likeness (QED) is 0.672. The van der Waals surface area contributed by atoms with Gasteiger partial charge in [-0.3, -0.25) is 9.59 Å². The smallest absolute Gasteiger partial charge is 0.313 e. The lowest BCUT2D eigenvalue weighted by atomic mass is 9.63. The Morgan fingerprint density at radius 2 is 2.00 bits per heavy atom. The van der Waals surface area contributed by atoms with E-state index < -0.39 is 17.0 Å². The number of ether oxygens (including phenoxy) is 1. The van der Waals surface area contributed by atoms with E-state index >= 15 is 0 Å². The highest BCUT2D eigenvalue weighted by Crippen LogP contribution is 2.52. The third kappa shape index (κ3) is 1.34. The van der Waals surface area contributed by atoms with Crippen molar-refractivity contribution in [3.63, 3.8) is 0 Å². The molecule has 0 aromatic heterocycles. The fourth-order valence-corrected chi connectivity index (χ4v) is 2.88. The standard InChI is InChI=1S/C11H16O4/c1-10(9(13)14)5-2-3-6-11(10)7-4-8(12)15-11/h2-7H2,1H3,(H,13,14). The van der Waals surface area contributed by atoms with Gasteiger partial charge in [0.15, 0.2) is 0 Å². The van der Waals surface area contributed by atoms with Crippen LogP contribution in [-0.4, -0.2) is 22.6 Å². The van der Waals surface area contributed by atoms with E-state index in [2.05, 4.69) is 0 Å². The largest absolute Gasteiger partial charge is 0.481 e. The molecule has 1 saturated heterocycles. The second kappa shape index (κ2) is 3.22. The predicted octanol–water partition coefficient (Wildman–Crippen LogP) is 1.73. The van der Waals surface area contributed by atoms with Gasteiger partial charge < -0.3 is 9.84 Å². The van der Waals surface area contributed by atoms with Crippen molar-refractivity contribution in [3.8, 4) is 0 Å². The summed E-state index contributed by atoms with van der Waals surface area (Å²) in [6.07, 6.45) is 4.09. The first-order chi connectivity index (χ1) is 7.00. The van der Waals surface area contributed by atoms with Gasteiger partial charge in [0.1, 0.15) is 11.0 Å². The number of carbonyl (C=O) groups is 2. The third-order valence-corrected chi connectivity index (χ3v) is 4.03. The Kier molecular flexibility index (Phi) is 2.24. The maximum Gasteiger partial charge on any atom is 0.313 e. The Labute approximate surface area is 88.6 Å². The highest BCUT2D eigenvalue weighted by atomic mass is 16.6. The summed E-state index contributed by atoms with van der Waals surface area (Å²) in [4.78, 5) is 22.6. The fraction of sp³-hybridized carbons (Fsp3) is 0.818. The molecule has 1 saturated carbocycles. The van der Waals surface area contributed by atoms with E-state index in [1.807, 2.05) is 0 Å². The zero-order valence-electron chi connectivity index (χ0n) is 8.91. The molecule has 2 fully saturated rings. The molecule has 2 unspecified atom stereocenters. The number of carboxylic acid groups (broad SMARTS) is 1. The molecule has 2 aliphatic rings. The summed E-state index contributed by atoms with van der Waals surface area (Å²) in [7, 11) is 0. The number of hydrogen-bond acceptors (Lipinski definition) is 3. The lowest BCUT2D eigenvalue weighted by molar-refractivity contribution is -0.183. The molecule has 1 aliphatic heterocycles. The van der Waals surface area contributed by atoms with Crippen molar-refractivity contribution >= 4 is 11.9 Å². The van der Waals surface area contributed by atoms with Crippen LogP contribution in [0.15, 0.2) is 0 Å². The first kappa shape index (κ1) is 10.5. The molecule has 0 aromatic carbocycles. The molecular weight excluding hydrogens is 196 g/mol. The van der Waals surface area contributed by atoms with Gasteiger partial charge in [-0.05, 0) is 32.6 Å². The normalized spacial score (nSPS) is 40.5. The van der Waals surface area contributed by atoms with Crippen molar-refractivity contribution in [1.82, 2.24) is 0 Å². The Balaban J connectivity index is 2.34. The predicted molar refractivity (Wildman–Crippen MR) is 52.3 cm³/mol. The first-order valence-electron chi connectivity index (χ1n) is 5.45. The van der Waals surface area contributed by atoms with Crippen LogP contribution in [0.25, 0.3) is 0 Å². The van der Waals surface area contributed by atoms with Crippen LogP contribution in [0.2, 0.25) is 0 Å². The number of aliphatic carboxylic acids is 1. The third-order valence-electron chi connectivity index (χ3n) is 4.03. The number of carboxylic acids is 1. The molecule has 2 rings (SSSR count). The van der Waals surface area contributed by atoms with Crippen molar-refractivity contribution in [2.75, 3.05) is 0 Å². The summed E-state index contributed by atoms with van der Waals surface area (Å²) in [6.45, 7) is 1.72. The van der Waals surface area contributed by atoms with Crippen molar-refractivity contribution in [2.24, 2.45) is 5.41 Å². The SMILES string of the molecule is CC1(C(=O)O)CCCCC12CCC(=O)O2. The molecule has 1 aliphatic carbocycles. The minimum atomic E-state index is -0.891. The van der Waals surface area contributed by atoms with Crippen LogP contribution in [0.4, 0.5) is 0 Å². The van der Waals surface area contributed by atoms with Crippen molar-refractivity contribution in [3.05, 3.63) is 0 Å². The van der Waals surface area contributed by atoms with E-state index in [0.717, 1.165) is 12.8 Å². The molecule has 15 heavy (non-hydrogen) atoms. The van der Waals surface area contributed by atoms with Gasteiger partial charge in [0.25, 0.3) is 0 Å². The van der Waals surface area contributed by atoms with Crippen LogP contribution in [0, 0.1) is 5.41 Å². The highest BCUT2D eigenvalue weighted by molar-refractivity contribution is 5.79. The van der Waals surface area contributed by atoms with Gasteiger partial charge in [-0.1, -0.05) is 6.42 Å². The molecule has 4 nitrogen and oxygen atoms in total. The highest BCUT2D eigenvalue weighted by Gasteiger charge is 2.59. The van der Waals surface area contributed by atoms with E-state index in [4.69, 9.17) is 4.74 Å². The number of rotatable bonds is 1. The minimum Gasteiger partial charge on any atom is -0.481 e. The average molecular weight is 212 g/mol. The number of esters is 1. The molecule has 0 bridgehead atoms. The summed E-state index contributed by atoms with van der Waals surface area (Å²) in [5.41, 5.74) is -1.62. The summed E-state index contributed by atoms with van der Waals surface area (Å²) in [6, 6.07) is 0.